The molecule has 1 aliphatic heterocycles. The summed E-state index contributed by atoms with van der Waals surface area (Å²) in [5, 5.41) is 4.92. The number of nitrogens with zero attached hydrogens (tertiary/aromatic N) is 1. The first-order valence-electron chi connectivity index (χ1n) is 6.99. The van der Waals surface area contributed by atoms with Gasteiger partial charge in [-0.25, -0.2) is 9.86 Å². The number of amides is 1. The molecular formula is C12H23N3O3S. The second-order valence-corrected chi connectivity index (χ2v) is 7.12. The number of piperidine rings is 1. The van der Waals surface area contributed by atoms with E-state index in [-0.39, 0.29) is 11.8 Å². The minimum atomic E-state index is -3.63. The first kappa shape index (κ1) is 14.7. The summed E-state index contributed by atoms with van der Waals surface area (Å²) in [6.07, 6.45) is 6.14. The van der Waals surface area contributed by atoms with Crippen molar-refractivity contribution in [2.24, 2.45) is 17.0 Å². The Morgan fingerprint density at radius 3 is 2.47 bits per heavy atom. The minimum absolute atomic E-state index is 0.178. The molecule has 0 aromatic carbocycles. The lowest BCUT2D eigenvalue weighted by Crippen LogP contribution is -2.45. The molecule has 1 saturated carbocycles. The molecule has 1 amide bonds. The first-order valence-corrected chi connectivity index (χ1v) is 8.54. The van der Waals surface area contributed by atoms with E-state index in [2.05, 4.69) is 4.72 Å². The van der Waals surface area contributed by atoms with Gasteiger partial charge in [0.25, 0.3) is 10.2 Å². The molecule has 1 saturated heterocycles. The van der Waals surface area contributed by atoms with Crippen molar-refractivity contribution >= 4 is 16.1 Å². The Hall–Kier alpha value is -0.660. The minimum Gasteiger partial charge on any atom is -0.342 e. The number of hydrogen-bond acceptors (Lipinski definition) is 3. The Morgan fingerprint density at radius 1 is 1.21 bits per heavy atom. The molecule has 1 aliphatic carbocycles. The van der Waals surface area contributed by atoms with E-state index >= 15 is 0 Å². The lowest BCUT2D eigenvalue weighted by molar-refractivity contribution is -0.134. The highest BCUT2D eigenvalue weighted by Gasteiger charge is 2.27. The van der Waals surface area contributed by atoms with Crippen LogP contribution < -0.4 is 9.86 Å². The summed E-state index contributed by atoms with van der Waals surface area (Å²) in [7, 11) is -3.63. The third kappa shape index (κ3) is 4.74. The van der Waals surface area contributed by atoms with Gasteiger partial charge in [0.1, 0.15) is 0 Å². The van der Waals surface area contributed by atoms with Crippen LogP contribution in [-0.4, -0.2) is 38.9 Å². The van der Waals surface area contributed by atoms with Crippen LogP contribution in [0.3, 0.4) is 0 Å². The van der Waals surface area contributed by atoms with Gasteiger partial charge < -0.3 is 4.90 Å². The van der Waals surface area contributed by atoms with Gasteiger partial charge in [-0.05, 0) is 37.5 Å². The smallest absolute Gasteiger partial charge is 0.274 e. The molecular weight excluding hydrogens is 266 g/mol. The van der Waals surface area contributed by atoms with Gasteiger partial charge in [-0.2, -0.15) is 8.42 Å². The van der Waals surface area contributed by atoms with E-state index in [1.807, 2.05) is 4.90 Å². The Labute approximate surface area is 114 Å². The fourth-order valence-electron chi connectivity index (χ4n) is 2.77. The van der Waals surface area contributed by atoms with Crippen LogP contribution in [0.2, 0.25) is 0 Å². The largest absolute Gasteiger partial charge is 0.342 e. The maximum absolute atomic E-state index is 12.1. The highest BCUT2D eigenvalue weighted by molar-refractivity contribution is 7.87. The number of rotatable bonds is 5. The zero-order valence-electron chi connectivity index (χ0n) is 11.2. The average molecular weight is 289 g/mol. The van der Waals surface area contributed by atoms with Gasteiger partial charge in [0.2, 0.25) is 5.91 Å². The van der Waals surface area contributed by atoms with Crippen LogP contribution in [0.5, 0.6) is 0 Å². The third-order valence-corrected chi connectivity index (χ3v) is 4.70. The summed E-state index contributed by atoms with van der Waals surface area (Å²) < 4.78 is 24.1. The molecule has 0 spiro atoms. The van der Waals surface area contributed by atoms with Crippen molar-refractivity contribution in [1.82, 2.24) is 9.62 Å². The summed E-state index contributed by atoms with van der Waals surface area (Å²) in [5.74, 6) is 0.984. The molecule has 2 rings (SSSR count). The zero-order valence-corrected chi connectivity index (χ0v) is 12.0. The maximum Gasteiger partial charge on any atom is 0.274 e. The van der Waals surface area contributed by atoms with E-state index in [4.69, 9.17) is 5.14 Å². The molecule has 1 atom stereocenters. The van der Waals surface area contributed by atoms with Gasteiger partial charge in [-0.15, -0.1) is 0 Å². The van der Waals surface area contributed by atoms with Gasteiger partial charge in [0, 0.05) is 26.1 Å². The molecule has 3 N–H and O–H groups in total. The number of hydrogen-bond donors (Lipinski definition) is 2. The average Bonchev–Trinajstić information content (AvgIpc) is 2.30. The highest BCUT2D eigenvalue weighted by Crippen LogP contribution is 2.30. The summed E-state index contributed by atoms with van der Waals surface area (Å²) in [6, 6.07) is 0. The molecule has 1 heterocycles. The lowest BCUT2D eigenvalue weighted by atomic mass is 9.82. The molecule has 0 aromatic heterocycles. The van der Waals surface area contributed by atoms with E-state index < -0.39 is 10.2 Å². The SMILES string of the molecule is NS(=O)(=O)NCC1CCCN(C(=O)CC2CCC2)C1. The van der Waals surface area contributed by atoms with Crippen molar-refractivity contribution in [2.45, 2.75) is 38.5 Å². The van der Waals surface area contributed by atoms with Crippen molar-refractivity contribution in [1.29, 1.82) is 0 Å². The molecule has 0 radical (unpaired) electrons. The van der Waals surface area contributed by atoms with Gasteiger partial charge in [0.05, 0.1) is 0 Å². The fraction of sp³-hybridized carbons (Fsp3) is 0.917. The van der Waals surface area contributed by atoms with Crippen molar-refractivity contribution in [3.05, 3.63) is 0 Å². The fourth-order valence-corrected chi connectivity index (χ4v) is 3.23. The standard InChI is InChI=1S/C12H23N3O3S/c13-19(17,18)14-8-11-5-2-6-15(9-11)12(16)7-10-3-1-4-10/h10-11,14H,1-9H2,(H2,13,17,18). The van der Waals surface area contributed by atoms with Crippen molar-refractivity contribution < 1.29 is 13.2 Å². The molecule has 19 heavy (non-hydrogen) atoms. The highest BCUT2D eigenvalue weighted by atomic mass is 32.2. The van der Waals surface area contributed by atoms with E-state index in [0.29, 0.717) is 25.4 Å². The van der Waals surface area contributed by atoms with E-state index in [1.54, 1.807) is 0 Å². The molecule has 2 aliphatic rings. The van der Waals surface area contributed by atoms with Crippen molar-refractivity contribution in [2.75, 3.05) is 19.6 Å². The van der Waals surface area contributed by atoms with Crippen LogP contribution in [0.25, 0.3) is 0 Å². The Morgan fingerprint density at radius 2 is 1.89 bits per heavy atom. The zero-order chi connectivity index (χ0) is 13.9. The lowest BCUT2D eigenvalue weighted by Gasteiger charge is -2.35. The van der Waals surface area contributed by atoms with Crippen LogP contribution >= 0.6 is 0 Å². The molecule has 1 unspecified atom stereocenters. The third-order valence-electron chi connectivity index (χ3n) is 4.13. The van der Waals surface area contributed by atoms with Gasteiger partial charge in [-0.1, -0.05) is 6.42 Å². The van der Waals surface area contributed by atoms with Crippen LogP contribution in [0.1, 0.15) is 38.5 Å². The summed E-state index contributed by atoms with van der Waals surface area (Å²) in [5.41, 5.74) is 0. The van der Waals surface area contributed by atoms with Gasteiger partial charge in [0.15, 0.2) is 0 Å². The molecule has 7 heteroatoms. The van der Waals surface area contributed by atoms with E-state index in [9.17, 15) is 13.2 Å². The quantitative estimate of drug-likeness (QED) is 0.757. The second-order valence-electron chi connectivity index (χ2n) is 5.74. The number of carbonyl (C=O) groups excluding carboxylic acids is 1. The Bertz CT molecular complexity index is 420. The van der Waals surface area contributed by atoms with Crippen LogP contribution in [0.15, 0.2) is 0 Å². The van der Waals surface area contributed by atoms with Gasteiger partial charge in [-0.3, -0.25) is 4.79 Å². The predicted octanol–water partition coefficient (Wildman–Crippen LogP) is 0.208. The first-order chi connectivity index (χ1) is 8.94. The Balaban J connectivity index is 1.77. The predicted molar refractivity (Wildman–Crippen MR) is 72.4 cm³/mol. The monoisotopic (exact) mass is 289 g/mol. The van der Waals surface area contributed by atoms with E-state index in [0.717, 1.165) is 19.4 Å². The normalized spacial score (nSPS) is 25.1. The molecule has 110 valence electrons. The van der Waals surface area contributed by atoms with Crippen LogP contribution in [0, 0.1) is 11.8 Å². The molecule has 6 nitrogen and oxygen atoms in total. The molecule has 2 fully saturated rings. The van der Waals surface area contributed by atoms with Crippen molar-refractivity contribution in [3.63, 3.8) is 0 Å². The maximum atomic E-state index is 12.1. The van der Waals surface area contributed by atoms with Crippen LogP contribution in [0.4, 0.5) is 0 Å². The van der Waals surface area contributed by atoms with Crippen molar-refractivity contribution in [3.8, 4) is 0 Å². The topological polar surface area (TPSA) is 92.5 Å². The Kier molecular flexibility index (Phi) is 4.81. The van der Waals surface area contributed by atoms with E-state index in [1.165, 1.54) is 19.3 Å². The summed E-state index contributed by atoms with van der Waals surface area (Å²) in [6.45, 7) is 1.78. The number of carbonyl (C=O) groups is 1. The summed E-state index contributed by atoms with van der Waals surface area (Å²) >= 11 is 0. The van der Waals surface area contributed by atoms with Crippen LogP contribution in [-0.2, 0) is 15.0 Å². The number of nitrogens with two attached hydrogens (primary N) is 1. The molecule has 0 aromatic rings. The number of nitrogens with one attached hydrogen (secondary N) is 1. The second kappa shape index (κ2) is 6.19. The van der Waals surface area contributed by atoms with Gasteiger partial charge >= 0.3 is 0 Å². The molecule has 0 bridgehead atoms. The number of likely N-dealkylation sites (tertiary alicyclic amines) is 1. The summed E-state index contributed by atoms with van der Waals surface area (Å²) in [4.78, 5) is 14.0.